The van der Waals surface area contributed by atoms with Crippen molar-refractivity contribution in [2.45, 2.75) is 32.9 Å². The van der Waals surface area contributed by atoms with Crippen molar-refractivity contribution in [2.75, 3.05) is 11.1 Å². The molecule has 2 rings (SSSR count). The zero-order valence-electron chi connectivity index (χ0n) is 11.7. The van der Waals surface area contributed by atoms with Gasteiger partial charge in [-0.05, 0) is 45.0 Å². The van der Waals surface area contributed by atoms with E-state index in [2.05, 4.69) is 10.3 Å². The Morgan fingerprint density at radius 2 is 2.05 bits per heavy atom. The maximum atomic E-state index is 5.90. The van der Waals surface area contributed by atoms with Crippen LogP contribution >= 0.6 is 22.9 Å². The fourth-order valence-electron chi connectivity index (χ4n) is 1.55. The zero-order chi connectivity index (χ0) is 14.8. The van der Waals surface area contributed by atoms with Gasteiger partial charge in [0.2, 0.25) is 5.88 Å². The van der Waals surface area contributed by atoms with Gasteiger partial charge < -0.3 is 15.8 Å². The predicted molar refractivity (Wildman–Crippen MR) is 85.7 cm³/mol. The minimum atomic E-state index is -0.332. The minimum absolute atomic E-state index is 0.332. The summed E-state index contributed by atoms with van der Waals surface area (Å²) in [6, 6.07) is 7.50. The van der Waals surface area contributed by atoms with E-state index in [0.29, 0.717) is 18.1 Å². The van der Waals surface area contributed by atoms with Gasteiger partial charge in [0.15, 0.2) is 0 Å². The van der Waals surface area contributed by atoms with Crippen LogP contribution in [0.1, 0.15) is 25.6 Å². The van der Waals surface area contributed by atoms with Crippen molar-refractivity contribution < 1.29 is 4.74 Å². The summed E-state index contributed by atoms with van der Waals surface area (Å²) in [6.07, 6.45) is 0. The Morgan fingerprint density at radius 1 is 1.30 bits per heavy atom. The summed E-state index contributed by atoms with van der Waals surface area (Å²) in [4.78, 5) is 5.54. The molecule has 2 aromatic heterocycles. The number of rotatable bonds is 4. The minimum Gasteiger partial charge on any atom is -0.470 e. The topological polar surface area (TPSA) is 60.2 Å². The Kier molecular flexibility index (Phi) is 4.40. The molecule has 3 N–H and O–H groups in total. The number of aromatic nitrogens is 1. The summed E-state index contributed by atoms with van der Waals surface area (Å²) in [6.45, 7) is 6.55. The number of nitrogens with zero attached hydrogens (tertiary/aromatic N) is 1. The first-order chi connectivity index (χ1) is 9.33. The van der Waals surface area contributed by atoms with E-state index in [1.807, 2.05) is 39.0 Å². The number of ether oxygens (including phenoxy) is 1. The number of pyridine rings is 1. The number of anilines is 2. The second-order valence-electron chi connectivity index (χ2n) is 5.36. The molecule has 0 aliphatic rings. The quantitative estimate of drug-likeness (QED) is 0.889. The van der Waals surface area contributed by atoms with Crippen LogP contribution in [0.3, 0.4) is 0 Å². The molecule has 0 atom stereocenters. The van der Waals surface area contributed by atoms with Crippen molar-refractivity contribution in [1.29, 1.82) is 0 Å². The summed E-state index contributed by atoms with van der Waals surface area (Å²) >= 11 is 7.44. The van der Waals surface area contributed by atoms with Crippen LogP contribution in [0.15, 0.2) is 24.3 Å². The molecule has 0 bridgehead atoms. The molecule has 0 unspecified atom stereocenters. The standard InChI is InChI=1S/C14H18ClN3OS/c1-14(2,3)19-13-10(16)5-7-12(18-13)17-8-9-4-6-11(15)20-9/h4-7H,8,16H2,1-3H3,(H,17,18). The second kappa shape index (κ2) is 5.89. The molecule has 0 radical (unpaired) electrons. The van der Waals surface area contributed by atoms with Gasteiger partial charge in [0.25, 0.3) is 0 Å². The maximum absolute atomic E-state index is 5.90. The van der Waals surface area contributed by atoms with E-state index in [0.717, 1.165) is 15.0 Å². The average molecular weight is 312 g/mol. The van der Waals surface area contributed by atoms with E-state index in [1.165, 1.54) is 0 Å². The van der Waals surface area contributed by atoms with Crippen LogP contribution in [0.2, 0.25) is 4.34 Å². The van der Waals surface area contributed by atoms with Crippen molar-refractivity contribution in [3.8, 4) is 5.88 Å². The van der Waals surface area contributed by atoms with Gasteiger partial charge in [-0.1, -0.05) is 11.6 Å². The molecule has 0 aliphatic carbocycles. The SMILES string of the molecule is CC(C)(C)Oc1nc(NCc2ccc(Cl)s2)ccc1N. The van der Waals surface area contributed by atoms with Crippen molar-refractivity contribution >= 4 is 34.4 Å². The van der Waals surface area contributed by atoms with E-state index in [9.17, 15) is 0 Å². The zero-order valence-corrected chi connectivity index (χ0v) is 13.3. The predicted octanol–water partition coefficient (Wildman–Crippen LogP) is 4.17. The highest BCUT2D eigenvalue weighted by Gasteiger charge is 2.15. The van der Waals surface area contributed by atoms with Crippen molar-refractivity contribution in [2.24, 2.45) is 0 Å². The lowest BCUT2D eigenvalue weighted by Gasteiger charge is -2.21. The van der Waals surface area contributed by atoms with Crippen molar-refractivity contribution in [3.63, 3.8) is 0 Å². The third-order valence-electron chi connectivity index (χ3n) is 2.37. The number of nitrogens with one attached hydrogen (secondary N) is 1. The molecule has 2 heterocycles. The highest BCUT2D eigenvalue weighted by atomic mass is 35.5. The van der Waals surface area contributed by atoms with Crippen LogP contribution in [-0.4, -0.2) is 10.6 Å². The Balaban J connectivity index is 2.07. The van der Waals surface area contributed by atoms with E-state index in [4.69, 9.17) is 22.1 Å². The van der Waals surface area contributed by atoms with Crippen LogP contribution in [0.25, 0.3) is 0 Å². The van der Waals surface area contributed by atoms with Gasteiger partial charge in [0, 0.05) is 4.88 Å². The molecule has 0 aliphatic heterocycles. The Labute approximate surface area is 127 Å². The van der Waals surface area contributed by atoms with Crippen molar-refractivity contribution in [3.05, 3.63) is 33.5 Å². The fourth-order valence-corrected chi connectivity index (χ4v) is 2.57. The van der Waals surface area contributed by atoms with Gasteiger partial charge in [-0.15, -0.1) is 11.3 Å². The molecule has 0 amide bonds. The van der Waals surface area contributed by atoms with Gasteiger partial charge in [0.1, 0.15) is 11.4 Å². The van der Waals surface area contributed by atoms with E-state index in [1.54, 1.807) is 17.4 Å². The molecule has 20 heavy (non-hydrogen) atoms. The molecule has 0 fully saturated rings. The first-order valence-electron chi connectivity index (χ1n) is 6.27. The van der Waals surface area contributed by atoms with Crippen LogP contribution in [0.5, 0.6) is 5.88 Å². The average Bonchev–Trinajstić information content (AvgIpc) is 2.74. The molecule has 4 nitrogen and oxygen atoms in total. The lowest BCUT2D eigenvalue weighted by atomic mass is 10.2. The summed E-state index contributed by atoms with van der Waals surface area (Å²) < 4.78 is 6.52. The molecular weight excluding hydrogens is 294 g/mol. The van der Waals surface area contributed by atoms with Crippen molar-refractivity contribution in [1.82, 2.24) is 4.98 Å². The maximum Gasteiger partial charge on any atom is 0.239 e. The van der Waals surface area contributed by atoms with Crippen LogP contribution in [0, 0.1) is 0 Å². The van der Waals surface area contributed by atoms with E-state index >= 15 is 0 Å². The number of halogens is 1. The molecular formula is C14H18ClN3OS. The normalized spacial score (nSPS) is 11.4. The van der Waals surface area contributed by atoms with Gasteiger partial charge in [-0.3, -0.25) is 0 Å². The Bertz CT molecular complexity index is 592. The second-order valence-corrected chi connectivity index (χ2v) is 7.16. The van der Waals surface area contributed by atoms with Gasteiger partial charge >= 0.3 is 0 Å². The molecule has 0 saturated heterocycles. The first-order valence-corrected chi connectivity index (χ1v) is 7.46. The summed E-state index contributed by atoms with van der Waals surface area (Å²) in [5.74, 6) is 1.18. The Hall–Kier alpha value is -1.46. The Morgan fingerprint density at radius 3 is 2.65 bits per heavy atom. The van der Waals surface area contributed by atoms with Crippen LogP contribution in [0.4, 0.5) is 11.5 Å². The first kappa shape index (κ1) is 14.9. The number of thiophene rings is 1. The molecule has 0 saturated carbocycles. The lowest BCUT2D eigenvalue weighted by molar-refractivity contribution is 0.125. The molecule has 2 aromatic rings. The number of hydrogen-bond acceptors (Lipinski definition) is 5. The third kappa shape index (κ3) is 4.28. The summed E-state index contributed by atoms with van der Waals surface area (Å²) in [5.41, 5.74) is 6.08. The number of nitrogens with two attached hydrogens (primary N) is 1. The van der Waals surface area contributed by atoms with Crippen LogP contribution in [-0.2, 0) is 6.54 Å². The van der Waals surface area contributed by atoms with Gasteiger partial charge in [-0.25, -0.2) is 0 Å². The van der Waals surface area contributed by atoms with Gasteiger partial charge in [0.05, 0.1) is 16.6 Å². The molecule has 0 aromatic carbocycles. The van der Waals surface area contributed by atoms with E-state index < -0.39 is 0 Å². The largest absolute Gasteiger partial charge is 0.470 e. The monoisotopic (exact) mass is 311 g/mol. The summed E-state index contributed by atoms with van der Waals surface area (Å²) in [5, 5.41) is 3.23. The highest BCUT2D eigenvalue weighted by Crippen LogP contribution is 2.26. The highest BCUT2D eigenvalue weighted by molar-refractivity contribution is 7.16. The number of hydrogen-bond donors (Lipinski definition) is 2. The smallest absolute Gasteiger partial charge is 0.239 e. The molecule has 108 valence electrons. The third-order valence-corrected chi connectivity index (χ3v) is 3.60. The summed E-state index contributed by atoms with van der Waals surface area (Å²) in [7, 11) is 0. The lowest BCUT2D eigenvalue weighted by Crippen LogP contribution is -2.24. The molecule has 0 spiro atoms. The van der Waals surface area contributed by atoms with E-state index in [-0.39, 0.29) is 5.60 Å². The number of nitrogen functional groups attached to an aromatic ring is 1. The fraction of sp³-hybridized carbons (Fsp3) is 0.357. The molecule has 6 heteroatoms. The van der Waals surface area contributed by atoms with Crippen LogP contribution < -0.4 is 15.8 Å². The van der Waals surface area contributed by atoms with Gasteiger partial charge in [-0.2, -0.15) is 4.98 Å².